The minimum atomic E-state index is 0.124. The molecule has 1 nitrogen and oxygen atoms in total. The molecule has 2 heteroatoms. The number of hydrogen-bond acceptors (Lipinski definition) is 2. The second kappa shape index (κ2) is 5.66. The number of rotatable bonds is 4. The molecule has 1 rings (SSSR count). The van der Waals surface area contributed by atoms with Gasteiger partial charge >= 0.3 is 0 Å². The Hall–Kier alpha value is -1.02. The zero-order valence-corrected chi connectivity index (χ0v) is 9.30. The van der Waals surface area contributed by atoms with E-state index in [1.165, 1.54) is 0 Å². The number of hydrogen-bond donors (Lipinski definition) is 0. The number of carbonyl (C=O) groups is 1. The van der Waals surface area contributed by atoms with Crippen molar-refractivity contribution in [2.45, 2.75) is 18.7 Å². The second-order valence-electron chi connectivity index (χ2n) is 2.96. The van der Waals surface area contributed by atoms with Gasteiger partial charge in [0.25, 0.3) is 0 Å². The highest BCUT2D eigenvalue weighted by molar-refractivity contribution is 7.99. The first kappa shape index (κ1) is 11.1. The summed E-state index contributed by atoms with van der Waals surface area (Å²) in [6, 6.07) is 7.74. The van der Waals surface area contributed by atoms with Crippen LogP contribution in [0.15, 0.2) is 41.3 Å². The molecule has 0 aliphatic heterocycles. The van der Waals surface area contributed by atoms with Gasteiger partial charge < -0.3 is 0 Å². The third kappa shape index (κ3) is 3.38. The smallest absolute Gasteiger partial charge is 0.159 e. The van der Waals surface area contributed by atoms with E-state index in [4.69, 9.17) is 0 Å². The molecule has 1 aromatic carbocycles. The molecule has 0 unspecified atom stereocenters. The van der Waals surface area contributed by atoms with Crippen molar-refractivity contribution in [3.05, 3.63) is 42.0 Å². The molecular weight excluding hydrogens is 192 g/mol. The fourth-order valence-electron chi connectivity index (χ4n) is 1.05. The van der Waals surface area contributed by atoms with Gasteiger partial charge in [-0.15, -0.1) is 11.8 Å². The third-order valence-electron chi connectivity index (χ3n) is 1.82. The van der Waals surface area contributed by atoms with Crippen LogP contribution in [0, 0.1) is 0 Å². The molecule has 0 N–H and O–H groups in total. The molecule has 74 valence electrons. The van der Waals surface area contributed by atoms with E-state index in [1.807, 2.05) is 37.3 Å². The van der Waals surface area contributed by atoms with Gasteiger partial charge in [0.15, 0.2) is 5.78 Å². The van der Waals surface area contributed by atoms with Crippen LogP contribution in [-0.2, 0) is 0 Å². The lowest BCUT2D eigenvalue weighted by molar-refractivity contribution is 0.101. The van der Waals surface area contributed by atoms with Crippen molar-refractivity contribution in [1.29, 1.82) is 0 Å². The summed E-state index contributed by atoms with van der Waals surface area (Å²) in [6.07, 6.45) is 4.13. The van der Waals surface area contributed by atoms with Crippen molar-refractivity contribution in [1.82, 2.24) is 0 Å². The maximum absolute atomic E-state index is 11.1. The van der Waals surface area contributed by atoms with E-state index in [1.54, 1.807) is 18.7 Å². The Kier molecular flexibility index (Phi) is 4.47. The average molecular weight is 206 g/mol. The highest BCUT2D eigenvalue weighted by atomic mass is 32.2. The van der Waals surface area contributed by atoms with Gasteiger partial charge in [0.1, 0.15) is 0 Å². The van der Waals surface area contributed by atoms with Gasteiger partial charge in [-0.3, -0.25) is 4.79 Å². The van der Waals surface area contributed by atoms with Crippen LogP contribution >= 0.6 is 11.8 Å². The lowest BCUT2D eigenvalue weighted by Crippen LogP contribution is -1.91. The van der Waals surface area contributed by atoms with Crippen molar-refractivity contribution >= 4 is 17.5 Å². The number of thioether (sulfide) groups is 1. The predicted molar refractivity (Wildman–Crippen MR) is 62.0 cm³/mol. The largest absolute Gasteiger partial charge is 0.295 e. The molecular formula is C12H14OS. The lowest BCUT2D eigenvalue weighted by atomic mass is 10.2. The molecule has 14 heavy (non-hydrogen) atoms. The molecule has 0 bridgehead atoms. The van der Waals surface area contributed by atoms with Gasteiger partial charge in [-0.2, -0.15) is 0 Å². The fraction of sp³-hybridized carbons (Fsp3) is 0.250. The van der Waals surface area contributed by atoms with Crippen molar-refractivity contribution in [3.8, 4) is 0 Å². The first-order valence-electron chi connectivity index (χ1n) is 4.59. The van der Waals surface area contributed by atoms with Crippen molar-refractivity contribution < 1.29 is 4.79 Å². The van der Waals surface area contributed by atoms with E-state index in [0.717, 1.165) is 16.2 Å². The first-order chi connectivity index (χ1) is 6.74. The summed E-state index contributed by atoms with van der Waals surface area (Å²) < 4.78 is 0. The molecule has 0 heterocycles. The minimum Gasteiger partial charge on any atom is -0.295 e. The van der Waals surface area contributed by atoms with Crippen LogP contribution in [0.5, 0.6) is 0 Å². The van der Waals surface area contributed by atoms with E-state index in [0.29, 0.717) is 0 Å². The quantitative estimate of drug-likeness (QED) is 0.425. The maximum atomic E-state index is 11.1. The Morgan fingerprint density at radius 2 is 2.29 bits per heavy atom. The molecule has 0 radical (unpaired) electrons. The van der Waals surface area contributed by atoms with Gasteiger partial charge in [-0.25, -0.2) is 0 Å². The van der Waals surface area contributed by atoms with Crippen molar-refractivity contribution in [2.75, 3.05) is 5.75 Å². The minimum absolute atomic E-state index is 0.124. The Balaban J connectivity index is 2.68. The highest BCUT2D eigenvalue weighted by Gasteiger charge is 1.99. The van der Waals surface area contributed by atoms with Crippen molar-refractivity contribution in [2.24, 2.45) is 0 Å². The Morgan fingerprint density at radius 3 is 2.93 bits per heavy atom. The molecule has 0 atom stereocenters. The lowest BCUT2D eigenvalue weighted by Gasteiger charge is -2.00. The van der Waals surface area contributed by atoms with Gasteiger partial charge in [0.05, 0.1) is 0 Å². The van der Waals surface area contributed by atoms with Crippen LogP contribution in [0.1, 0.15) is 24.2 Å². The zero-order valence-electron chi connectivity index (χ0n) is 8.49. The molecule has 1 aromatic rings. The number of ketones is 1. The van der Waals surface area contributed by atoms with Gasteiger partial charge in [0, 0.05) is 16.2 Å². The van der Waals surface area contributed by atoms with E-state index >= 15 is 0 Å². The van der Waals surface area contributed by atoms with Gasteiger partial charge in [0.2, 0.25) is 0 Å². The normalized spacial score (nSPS) is 10.7. The molecule has 0 spiro atoms. The summed E-state index contributed by atoms with van der Waals surface area (Å²) in [7, 11) is 0. The molecule has 0 aliphatic rings. The second-order valence-corrected chi connectivity index (χ2v) is 4.06. The monoisotopic (exact) mass is 206 g/mol. The van der Waals surface area contributed by atoms with E-state index in [2.05, 4.69) is 6.08 Å². The first-order valence-corrected chi connectivity index (χ1v) is 5.57. The predicted octanol–water partition coefficient (Wildman–Crippen LogP) is 3.56. The number of Topliss-reactive ketones (excluding diaryl/α,β-unsaturated/α-hetero) is 1. The van der Waals surface area contributed by atoms with Crippen LogP contribution in [0.4, 0.5) is 0 Å². The SMILES string of the molecule is CC=CCSc1cccc(C(C)=O)c1. The van der Waals surface area contributed by atoms with E-state index in [9.17, 15) is 4.79 Å². The van der Waals surface area contributed by atoms with Crippen LogP contribution in [-0.4, -0.2) is 11.5 Å². The number of benzene rings is 1. The molecule has 0 saturated heterocycles. The topological polar surface area (TPSA) is 17.1 Å². The Morgan fingerprint density at radius 1 is 1.50 bits per heavy atom. The van der Waals surface area contributed by atoms with Crippen LogP contribution in [0.3, 0.4) is 0 Å². The van der Waals surface area contributed by atoms with Gasteiger partial charge in [-0.1, -0.05) is 24.3 Å². The standard InChI is InChI=1S/C12H14OS/c1-3-4-8-14-12-7-5-6-11(9-12)10(2)13/h3-7,9H,8H2,1-2H3. The number of carbonyl (C=O) groups excluding carboxylic acids is 1. The molecule has 0 amide bonds. The Labute approximate surface area is 89.2 Å². The molecule has 0 saturated carbocycles. The molecule has 0 aromatic heterocycles. The summed E-state index contributed by atoms with van der Waals surface area (Å²) >= 11 is 1.74. The summed E-state index contributed by atoms with van der Waals surface area (Å²) in [6.45, 7) is 3.60. The summed E-state index contributed by atoms with van der Waals surface area (Å²) in [5, 5.41) is 0. The number of allylic oxidation sites excluding steroid dienone is 1. The van der Waals surface area contributed by atoms with Crippen molar-refractivity contribution in [3.63, 3.8) is 0 Å². The summed E-state index contributed by atoms with van der Waals surface area (Å²) in [5.74, 6) is 1.08. The summed E-state index contributed by atoms with van der Waals surface area (Å²) in [4.78, 5) is 12.3. The highest BCUT2D eigenvalue weighted by Crippen LogP contribution is 2.19. The van der Waals surface area contributed by atoms with E-state index < -0.39 is 0 Å². The molecule has 0 aliphatic carbocycles. The van der Waals surface area contributed by atoms with Crippen LogP contribution in [0.2, 0.25) is 0 Å². The molecule has 0 fully saturated rings. The Bertz CT molecular complexity index is 342. The fourth-order valence-corrected chi connectivity index (χ4v) is 1.91. The average Bonchev–Trinajstić information content (AvgIpc) is 2.19. The maximum Gasteiger partial charge on any atom is 0.159 e. The van der Waals surface area contributed by atoms with E-state index in [-0.39, 0.29) is 5.78 Å². The third-order valence-corrected chi connectivity index (χ3v) is 2.77. The van der Waals surface area contributed by atoms with Crippen LogP contribution < -0.4 is 0 Å². The zero-order chi connectivity index (χ0) is 10.4. The van der Waals surface area contributed by atoms with Gasteiger partial charge in [-0.05, 0) is 26.0 Å². The summed E-state index contributed by atoms with van der Waals surface area (Å²) in [5.41, 5.74) is 0.787. The van der Waals surface area contributed by atoms with Crippen LogP contribution in [0.25, 0.3) is 0 Å².